The van der Waals surface area contributed by atoms with Crippen LogP contribution >= 0.6 is 15.9 Å². The van der Waals surface area contributed by atoms with Crippen molar-refractivity contribution in [1.29, 1.82) is 0 Å². The fourth-order valence-electron chi connectivity index (χ4n) is 4.29. The minimum absolute atomic E-state index is 0.0481. The molecular formula is C18H23BrO2. The van der Waals surface area contributed by atoms with Gasteiger partial charge in [-0.2, -0.15) is 0 Å². The summed E-state index contributed by atoms with van der Waals surface area (Å²) in [4.78, 5) is 12.5. The zero-order valence-corrected chi connectivity index (χ0v) is 14.8. The molecule has 2 nitrogen and oxygen atoms in total. The zero-order valence-electron chi connectivity index (χ0n) is 13.2. The van der Waals surface area contributed by atoms with Crippen molar-refractivity contribution in [3.05, 3.63) is 33.8 Å². The molecule has 3 unspecified atom stereocenters. The molecule has 0 amide bonds. The predicted molar refractivity (Wildman–Crippen MR) is 87.3 cm³/mol. The van der Waals surface area contributed by atoms with Gasteiger partial charge in [0.2, 0.25) is 0 Å². The first-order valence-electron chi connectivity index (χ1n) is 7.73. The van der Waals surface area contributed by atoms with Gasteiger partial charge < -0.3 is 4.74 Å². The van der Waals surface area contributed by atoms with E-state index in [1.807, 2.05) is 25.1 Å². The molecule has 1 aromatic carbocycles. The molecule has 0 aromatic heterocycles. The van der Waals surface area contributed by atoms with E-state index in [0.717, 1.165) is 22.9 Å². The summed E-state index contributed by atoms with van der Waals surface area (Å²) in [6.45, 7) is 8.97. The second-order valence-corrected chi connectivity index (χ2v) is 8.34. The number of rotatable bonds is 2. The summed E-state index contributed by atoms with van der Waals surface area (Å²) < 4.78 is 6.74. The number of fused-ring (bicyclic) bond motifs is 2. The van der Waals surface area contributed by atoms with Gasteiger partial charge in [0.1, 0.15) is 6.10 Å². The highest BCUT2D eigenvalue weighted by atomic mass is 79.9. The summed E-state index contributed by atoms with van der Waals surface area (Å²) in [5.41, 5.74) is 2.14. The number of hydrogen-bond donors (Lipinski definition) is 0. The van der Waals surface area contributed by atoms with Gasteiger partial charge in [-0.1, -0.05) is 26.8 Å². The van der Waals surface area contributed by atoms with Gasteiger partial charge in [0.05, 0.1) is 5.56 Å². The zero-order chi connectivity index (χ0) is 15.4. The molecule has 3 heteroatoms. The maximum atomic E-state index is 12.5. The second-order valence-electron chi connectivity index (χ2n) is 7.49. The molecule has 0 aliphatic heterocycles. The van der Waals surface area contributed by atoms with E-state index in [-0.39, 0.29) is 22.9 Å². The van der Waals surface area contributed by atoms with Crippen LogP contribution in [0.1, 0.15) is 56.0 Å². The number of aryl methyl sites for hydroxylation is 1. The smallest absolute Gasteiger partial charge is 0.339 e. The SMILES string of the molecule is Cc1ccc(C(=O)OC2CC3CCC2(C)C3(C)C)c(Br)c1. The van der Waals surface area contributed by atoms with E-state index in [4.69, 9.17) is 4.74 Å². The Labute approximate surface area is 135 Å². The second kappa shape index (κ2) is 4.84. The number of esters is 1. The van der Waals surface area contributed by atoms with Gasteiger partial charge in [0, 0.05) is 9.89 Å². The molecule has 0 radical (unpaired) electrons. The molecule has 2 saturated carbocycles. The highest BCUT2D eigenvalue weighted by Gasteiger charge is 2.62. The van der Waals surface area contributed by atoms with E-state index < -0.39 is 0 Å². The van der Waals surface area contributed by atoms with Crippen molar-refractivity contribution in [1.82, 2.24) is 0 Å². The van der Waals surface area contributed by atoms with Crippen molar-refractivity contribution < 1.29 is 9.53 Å². The fourth-order valence-corrected chi connectivity index (χ4v) is 4.94. The van der Waals surface area contributed by atoms with Gasteiger partial charge in [-0.3, -0.25) is 0 Å². The van der Waals surface area contributed by atoms with Crippen molar-refractivity contribution >= 4 is 21.9 Å². The maximum absolute atomic E-state index is 12.5. The number of hydrogen-bond acceptors (Lipinski definition) is 2. The van der Waals surface area contributed by atoms with Gasteiger partial charge in [-0.15, -0.1) is 0 Å². The monoisotopic (exact) mass is 350 g/mol. The minimum Gasteiger partial charge on any atom is -0.458 e. The molecule has 114 valence electrons. The third-order valence-corrected chi connectivity index (χ3v) is 6.96. The van der Waals surface area contributed by atoms with Crippen LogP contribution < -0.4 is 0 Å². The van der Waals surface area contributed by atoms with Gasteiger partial charge in [-0.05, 0) is 71.1 Å². The van der Waals surface area contributed by atoms with E-state index in [9.17, 15) is 4.79 Å². The van der Waals surface area contributed by atoms with Crippen LogP contribution in [0.4, 0.5) is 0 Å². The van der Waals surface area contributed by atoms with Crippen molar-refractivity contribution in [3.8, 4) is 0 Å². The Balaban J connectivity index is 1.80. The predicted octanol–water partition coefficient (Wildman–Crippen LogP) is 5.13. The lowest BCUT2D eigenvalue weighted by molar-refractivity contribution is -0.0243. The number of carbonyl (C=O) groups is 1. The Bertz CT molecular complexity index is 593. The molecule has 3 atom stereocenters. The highest BCUT2D eigenvalue weighted by Crippen LogP contribution is 2.66. The molecule has 0 saturated heterocycles. The largest absolute Gasteiger partial charge is 0.458 e. The fraction of sp³-hybridized carbons (Fsp3) is 0.611. The third-order valence-electron chi connectivity index (χ3n) is 6.31. The first kappa shape index (κ1) is 15.1. The van der Waals surface area contributed by atoms with Crippen LogP contribution in [0.5, 0.6) is 0 Å². The average Bonchev–Trinajstić information content (AvgIpc) is 2.71. The van der Waals surface area contributed by atoms with Gasteiger partial charge in [0.25, 0.3) is 0 Å². The first-order chi connectivity index (χ1) is 9.75. The lowest BCUT2D eigenvalue weighted by Crippen LogP contribution is -2.38. The normalized spacial score (nSPS) is 33.2. The van der Waals surface area contributed by atoms with E-state index in [1.165, 1.54) is 6.42 Å². The topological polar surface area (TPSA) is 26.3 Å². The van der Waals surface area contributed by atoms with Gasteiger partial charge >= 0.3 is 5.97 Å². The number of carbonyl (C=O) groups excluding carboxylic acids is 1. The Morgan fingerprint density at radius 3 is 2.57 bits per heavy atom. The molecule has 2 aliphatic carbocycles. The lowest BCUT2D eigenvalue weighted by Gasteiger charge is -2.38. The van der Waals surface area contributed by atoms with Crippen LogP contribution in [-0.4, -0.2) is 12.1 Å². The molecule has 2 fully saturated rings. The molecule has 0 spiro atoms. The van der Waals surface area contributed by atoms with Crippen LogP contribution in [0.3, 0.4) is 0 Å². The maximum Gasteiger partial charge on any atom is 0.339 e. The summed E-state index contributed by atoms with van der Waals surface area (Å²) >= 11 is 3.47. The summed E-state index contributed by atoms with van der Waals surface area (Å²) in [5, 5.41) is 0. The summed E-state index contributed by atoms with van der Waals surface area (Å²) in [6, 6.07) is 5.76. The van der Waals surface area contributed by atoms with E-state index >= 15 is 0 Å². The van der Waals surface area contributed by atoms with Crippen LogP contribution in [0, 0.1) is 23.7 Å². The molecule has 0 heterocycles. The van der Waals surface area contributed by atoms with Crippen molar-refractivity contribution in [2.24, 2.45) is 16.7 Å². The Kier molecular flexibility index (Phi) is 3.47. The van der Waals surface area contributed by atoms with Crippen molar-refractivity contribution in [3.63, 3.8) is 0 Å². The molecule has 2 aliphatic rings. The first-order valence-corrected chi connectivity index (χ1v) is 8.52. The summed E-state index contributed by atoms with van der Waals surface area (Å²) in [6.07, 6.45) is 3.49. The Morgan fingerprint density at radius 2 is 2.05 bits per heavy atom. The molecule has 3 rings (SSSR count). The van der Waals surface area contributed by atoms with Crippen molar-refractivity contribution in [2.75, 3.05) is 0 Å². The minimum atomic E-state index is -0.198. The highest BCUT2D eigenvalue weighted by molar-refractivity contribution is 9.10. The molecular weight excluding hydrogens is 328 g/mol. The number of halogens is 1. The van der Waals surface area contributed by atoms with Crippen LogP contribution in [-0.2, 0) is 4.74 Å². The molecule has 21 heavy (non-hydrogen) atoms. The van der Waals surface area contributed by atoms with E-state index in [1.54, 1.807) is 0 Å². The van der Waals surface area contributed by atoms with Gasteiger partial charge in [-0.25, -0.2) is 4.79 Å². The van der Waals surface area contributed by atoms with E-state index in [2.05, 4.69) is 36.7 Å². The summed E-state index contributed by atoms with van der Waals surface area (Å²) in [5.74, 6) is 0.484. The lowest BCUT2D eigenvalue weighted by atomic mass is 9.70. The molecule has 2 bridgehead atoms. The number of benzene rings is 1. The number of ether oxygens (including phenoxy) is 1. The van der Waals surface area contributed by atoms with Crippen LogP contribution in [0.15, 0.2) is 22.7 Å². The standard InChI is InChI=1S/C18H23BrO2/c1-11-5-6-13(14(19)9-11)16(20)21-15-10-12-7-8-18(15,4)17(12,2)3/h5-6,9,12,15H,7-8,10H2,1-4H3. The van der Waals surface area contributed by atoms with Crippen LogP contribution in [0.2, 0.25) is 0 Å². The Hall–Kier alpha value is -0.830. The molecule has 1 aromatic rings. The summed E-state index contributed by atoms with van der Waals surface area (Å²) in [7, 11) is 0. The average molecular weight is 351 g/mol. The Morgan fingerprint density at radius 1 is 1.33 bits per heavy atom. The van der Waals surface area contributed by atoms with Gasteiger partial charge in [0.15, 0.2) is 0 Å². The quantitative estimate of drug-likeness (QED) is 0.691. The third kappa shape index (κ3) is 2.16. The van der Waals surface area contributed by atoms with Crippen LogP contribution in [0.25, 0.3) is 0 Å². The van der Waals surface area contributed by atoms with E-state index in [0.29, 0.717) is 11.5 Å². The molecule has 0 N–H and O–H groups in total. The van der Waals surface area contributed by atoms with Crippen molar-refractivity contribution in [2.45, 2.75) is 53.1 Å².